The molecule has 3 aromatic heterocycles. The van der Waals surface area contributed by atoms with Gasteiger partial charge in [-0.15, -0.1) is 31.7 Å². The summed E-state index contributed by atoms with van der Waals surface area (Å²) in [5.74, 6) is 0.867. The lowest BCUT2D eigenvalue weighted by Crippen LogP contribution is -2.07. The Morgan fingerprint density at radius 3 is 2.73 bits per heavy atom. The molecule has 3 aromatic rings. The van der Waals surface area contributed by atoms with Gasteiger partial charge >= 0.3 is 0 Å². The number of nitrogens with zero attached hydrogens (tertiary/aromatic N) is 5. The monoisotopic (exact) mass is 442 g/mol. The minimum absolute atomic E-state index is 0.101. The van der Waals surface area contributed by atoms with Gasteiger partial charge < -0.3 is 5.32 Å². The van der Waals surface area contributed by atoms with Crippen molar-refractivity contribution in [3.63, 3.8) is 0 Å². The molecule has 4 rings (SSSR count). The van der Waals surface area contributed by atoms with E-state index in [-0.39, 0.29) is 11.7 Å². The van der Waals surface area contributed by atoms with Crippen molar-refractivity contribution in [2.45, 2.75) is 51.4 Å². The third-order valence-corrected chi connectivity index (χ3v) is 6.99. The van der Waals surface area contributed by atoms with Crippen molar-refractivity contribution in [2.75, 3.05) is 5.32 Å². The number of hydrogen-bond donors (Lipinski definition) is 1. The van der Waals surface area contributed by atoms with E-state index < -0.39 is 0 Å². The summed E-state index contributed by atoms with van der Waals surface area (Å²) in [6.07, 6.45) is 6.40. The largest absolute Gasteiger partial charge is 0.301 e. The number of anilines is 1. The number of Topliss-reactive ketones (excluding diaryl/α,β-unsaturated/α-hetero) is 1. The predicted octanol–water partition coefficient (Wildman–Crippen LogP) is 3.22. The van der Waals surface area contributed by atoms with E-state index in [0.717, 1.165) is 46.4 Å². The summed E-state index contributed by atoms with van der Waals surface area (Å²) in [7, 11) is 0. The van der Waals surface area contributed by atoms with Gasteiger partial charge in [0, 0.05) is 37.6 Å². The normalized spacial score (nSPS) is 18.4. The maximum absolute atomic E-state index is 12.3. The predicted molar refractivity (Wildman–Crippen MR) is 115 cm³/mol. The third kappa shape index (κ3) is 5.51. The zero-order valence-electron chi connectivity index (χ0n) is 16.6. The van der Waals surface area contributed by atoms with E-state index in [4.69, 9.17) is 0 Å². The van der Waals surface area contributed by atoms with Crippen LogP contribution in [0.1, 0.15) is 52.8 Å². The van der Waals surface area contributed by atoms with E-state index in [9.17, 15) is 9.59 Å². The summed E-state index contributed by atoms with van der Waals surface area (Å²) in [6.45, 7) is 1.47. The Hall–Kier alpha value is -2.59. The molecule has 8 nitrogen and oxygen atoms in total. The molecule has 1 aliphatic rings. The van der Waals surface area contributed by atoms with E-state index in [1.54, 1.807) is 6.20 Å². The van der Waals surface area contributed by atoms with Crippen molar-refractivity contribution >= 4 is 39.5 Å². The highest BCUT2D eigenvalue weighted by molar-refractivity contribution is 7.15. The fraction of sp³-hybridized carbons (Fsp3) is 0.450. The van der Waals surface area contributed by atoms with Gasteiger partial charge in [-0.05, 0) is 37.3 Å². The molecule has 1 aliphatic carbocycles. The number of amides is 1. The van der Waals surface area contributed by atoms with Crippen LogP contribution in [0.5, 0.6) is 0 Å². The summed E-state index contributed by atoms with van der Waals surface area (Å²) in [5.41, 5.74) is 0.780. The fourth-order valence-corrected chi connectivity index (χ4v) is 5.63. The Kier molecular flexibility index (Phi) is 6.53. The first kappa shape index (κ1) is 20.7. The standard InChI is InChI=1S/C20H22N6O2S2/c1-12(27)22-20-26-25-19(30-20)14-6-5-13(8-14)9-17-23-24-18(29-17)11-16(28)10-15-4-2-3-7-21-15/h2-4,7,13-14H,5-6,8-11H2,1H3,(H,22,26,27)/t13-,14+/m0/s1. The highest BCUT2D eigenvalue weighted by atomic mass is 32.1. The molecule has 0 saturated heterocycles. The Morgan fingerprint density at radius 2 is 1.93 bits per heavy atom. The lowest BCUT2D eigenvalue weighted by atomic mass is 10.0. The van der Waals surface area contributed by atoms with E-state index in [1.807, 2.05) is 18.2 Å². The van der Waals surface area contributed by atoms with Crippen molar-refractivity contribution in [1.82, 2.24) is 25.4 Å². The number of aromatic nitrogens is 5. The topological polar surface area (TPSA) is 111 Å². The van der Waals surface area contributed by atoms with Crippen LogP contribution < -0.4 is 5.32 Å². The second-order valence-corrected chi connectivity index (χ2v) is 9.67. The Labute approximate surface area is 182 Å². The molecule has 30 heavy (non-hydrogen) atoms. The molecular weight excluding hydrogens is 420 g/mol. The van der Waals surface area contributed by atoms with Gasteiger partial charge in [-0.1, -0.05) is 17.4 Å². The molecule has 0 unspecified atom stereocenters. The van der Waals surface area contributed by atoms with E-state index in [2.05, 4.69) is 30.7 Å². The summed E-state index contributed by atoms with van der Waals surface area (Å²) >= 11 is 2.99. The number of hydrogen-bond acceptors (Lipinski definition) is 9. The Bertz CT molecular complexity index is 1020. The average molecular weight is 443 g/mol. The summed E-state index contributed by atoms with van der Waals surface area (Å²) in [5, 5.41) is 22.8. The highest BCUT2D eigenvalue weighted by Gasteiger charge is 2.29. The highest BCUT2D eigenvalue weighted by Crippen LogP contribution is 2.41. The van der Waals surface area contributed by atoms with Crippen LogP contribution in [0, 0.1) is 5.92 Å². The van der Waals surface area contributed by atoms with Gasteiger partial charge in [0.05, 0.1) is 6.42 Å². The van der Waals surface area contributed by atoms with Gasteiger partial charge in [-0.25, -0.2) is 0 Å². The lowest BCUT2D eigenvalue weighted by molar-refractivity contribution is -0.118. The van der Waals surface area contributed by atoms with Crippen LogP contribution >= 0.6 is 22.7 Å². The smallest absolute Gasteiger partial charge is 0.223 e. The molecule has 1 amide bonds. The molecule has 1 saturated carbocycles. The SMILES string of the molecule is CC(=O)Nc1nnc([C@@H]2CC[C@H](Cc3nnc(CC(=O)Cc4ccccn4)s3)C2)s1. The van der Waals surface area contributed by atoms with Crippen LogP contribution in [0.25, 0.3) is 0 Å². The first-order valence-electron chi connectivity index (χ1n) is 9.89. The summed E-state index contributed by atoms with van der Waals surface area (Å²) in [6, 6.07) is 5.58. The number of carbonyl (C=O) groups excluding carboxylic acids is 2. The van der Waals surface area contributed by atoms with Crippen LogP contribution in [-0.2, 0) is 28.9 Å². The molecular formula is C20H22N6O2S2. The lowest BCUT2D eigenvalue weighted by Gasteiger charge is -2.06. The quantitative estimate of drug-likeness (QED) is 0.570. The van der Waals surface area contributed by atoms with Gasteiger partial charge in [0.25, 0.3) is 0 Å². The van der Waals surface area contributed by atoms with Crippen molar-refractivity contribution < 1.29 is 9.59 Å². The molecule has 0 radical (unpaired) electrons. The summed E-state index contributed by atoms with van der Waals surface area (Å²) in [4.78, 5) is 27.6. The first-order chi connectivity index (χ1) is 14.5. The Morgan fingerprint density at radius 1 is 1.07 bits per heavy atom. The molecule has 1 N–H and O–H groups in total. The zero-order valence-corrected chi connectivity index (χ0v) is 18.2. The average Bonchev–Trinajstić information content (AvgIpc) is 3.44. The molecule has 2 atom stereocenters. The molecule has 0 spiro atoms. The minimum Gasteiger partial charge on any atom is -0.301 e. The third-order valence-electron chi connectivity index (χ3n) is 5.04. The van der Waals surface area contributed by atoms with Gasteiger partial charge in [-0.2, -0.15) is 0 Å². The van der Waals surface area contributed by atoms with Gasteiger partial charge in [0.15, 0.2) is 0 Å². The number of carbonyl (C=O) groups is 2. The zero-order chi connectivity index (χ0) is 20.9. The molecule has 1 fully saturated rings. The second-order valence-electron chi connectivity index (χ2n) is 7.51. The molecule has 10 heteroatoms. The number of pyridine rings is 1. The minimum atomic E-state index is -0.132. The first-order valence-corrected chi connectivity index (χ1v) is 11.5. The molecule has 3 heterocycles. The van der Waals surface area contributed by atoms with Crippen molar-refractivity contribution in [1.29, 1.82) is 0 Å². The van der Waals surface area contributed by atoms with Crippen LogP contribution in [0.2, 0.25) is 0 Å². The molecule has 0 bridgehead atoms. The fourth-order valence-electron chi connectivity index (χ4n) is 3.71. The second kappa shape index (κ2) is 9.48. The van der Waals surface area contributed by atoms with Crippen molar-refractivity contribution in [3.8, 4) is 0 Å². The van der Waals surface area contributed by atoms with Crippen LogP contribution in [0.3, 0.4) is 0 Å². The van der Waals surface area contributed by atoms with E-state index in [0.29, 0.717) is 29.8 Å². The van der Waals surface area contributed by atoms with Crippen LogP contribution in [0.15, 0.2) is 24.4 Å². The molecule has 0 aromatic carbocycles. The van der Waals surface area contributed by atoms with E-state index in [1.165, 1.54) is 29.6 Å². The Balaban J connectivity index is 1.27. The van der Waals surface area contributed by atoms with Crippen LogP contribution in [-0.4, -0.2) is 37.1 Å². The van der Waals surface area contributed by atoms with E-state index >= 15 is 0 Å². The number of nitrogens with one attached hydrogen (secondary N) is 1. The summed E-state index contributed by atoms with van der Waals surface area (Å²) < 4.78 is 0. The van der Waals surface area contributed by atoms with Crippen molar-refractivity contribution in [3.05, 3.63) is 45.1 Å². The maximum atomic E-state index is 12.3. The number of rotatable bonds is 8. The maximum Gasteiger partial charge on any atom is 0.223 e. The van der Waals surface area contributed by atoms with Gasteiger partial charge in [0.1, 0.15) is 20.8 Å². The van der Waals surface area contributed by atoms with Gasteiger partial charge in [0.2, 0.25) is 11.0 Å². The molecule has 156 valence electrons. The number of ketones is 1. The van der Waals surface area contributed by atoms with Gasteiger partial charge in [-0.3, -0.25) is 14.6 Å². The van der Waals surface area contributed by atoms with Crippen molar-refractivity contribution in [2.24, 2.45) is 5.92 Å². The molecule has 0 aliphatic heterocycles. The van der Waals surface area contributed by atoms with Crippen LogP contribution in [0.4, 0.5) is 5.13 Å².